The molecule has 0 bridgehead atoms. The lowest BCUT2D eigenvalue weighted by atomic mass is 9.94. The number of aryl methyl sites for hydroxylation is 1. The summed E-state index contributed by atoms with van der Waals surface area (Å²) in [4.78, 5) is 17.0. The van der Waals surface area contributed by atoms with Gasteiger partial charge in [0, 0.05) is 23.5 Å². The van der Waals surface area contributed by atoms with Gasteiger partial charge in [0.15, 0.2) is 5.78 Å². The average molecular weight is 268 g/mol. The van der Waals surface area contributed by atoms with Crippen molar-refractivity contribution in [2.24, 2.45) is 0 Å². The molecule has 3 rings (SSSR count). The molecule has 20 heavy (non-hydrogen) atoms. The van der Waals surface area contributed by atoms with Crippen LogP contribution in [0.4, 0.5) is 5.69 Å². The Morgan fingerprint density at radius 1 is 1.40 bits per heavy atom. The smallest absolute Gasteiger partial charge is 0.173 e. The van der Waals surface area contributed by atoms with E-state index in [0.29, 0.717) is 17.0 Å². The molecule has 0 spiro atoms. The first-order valence-electron chi connectivity index (χ1n) is 6.62. The van der Waals surface area contributed by atoms with E-state index >= 15 is 0 Å². The molecule has 0 radical (unpaired) electrons. The first kappa shape index (κ1) is 12.7. The molecule has 102 valence electrons. The van der Waals surface area contributed by atoms with E-state index < -0.39 is 0 Å². The highest BCUT2D eigenvalue weighted by Gasteiger charge is 2.31. The number of hydrogen-bond acceptors (Lipinski definition) is 4. The second-order valence-corrected chi connectivity index (χ2v) is 4.96. The van der Waals surface area contributed by atoms with Crippen LogP contribution in [0.3, 0.4) is 0 Å². The lowest BCUT2D eigenvalue weighted by Gasteiger charge is -2.12. The normalized spacial score (nSPS) is 16.8. The predicted molar refractivity (Wildman–Crippen MR) is 77.0 cm³/mol. The highest BCUT2D eigenvalue weighted by atomic mass is 16.5. The molecular weight excluding hydrogens is 252 g/mol. The second kappa shape index (κ2) is 4.96. The standard InChI is InChI=1S/C16H16N2O2/c1-20-11-5-7-12(14(17)9-11)16(19)13-6-4-10-3-2-8-18-15(10)13/h2-3,5,7-9,13H,4,6,17H2,1H3. The van der Waals surface area contributed by atoms with Crippen LogP contribution in [-0.2, 0) is 6.42 Å². The van der Waals surface area contributed by atoms with Gasteiger partial charge in [0.1, 0.15) is 5.75 Å². The number of nitrogens with zero attached hydrogens (tertiary/aromatic N) is 1. The van der Waals surface area contributed by atoms with Crippen LogP contribution in [0.15, 0.2) is 36.5 Å². The zero-order valence-corrected chi connectivity index (χ0v) is 11.3. The van der Waals surface area contributed by atoms with Crippen molar-refractivity contribution in [2.45, 2.75) is 18.8 Å². The Bertz CT molecular complexity index is 667. The number of carbonyl (C=O) groups is 1. The molecule has 1 atom stereocenters. The number of carbonyl (C=O) groups excluding carboxylic acids is 1. The molecule has 1 heterocycles. The number of aromatic nitrogens is 1. The van der Waals surface area contributed by atoms with Gasteiger partial charge in [-0.25, -0.2) is 0 Å². The number of nitrogens with two attached hydrogens (primary N) is 1. The maximum atomic E-state index is 12.7. The fourth-order valence-corrected chi connectivity index (χ4v) is 2.75. The molecular formula is C16H16N2O2. The van der Waals surface area contributed by atoms with Crippen molar-refractivity contribution in [3.63, 3.8) is 0 Å². The van der Waals surface area contributed by atoms with Gasteiger partial charge in [-0.1, -0.05) is 6.07 Å². The first-order valence-corrected chi connectivity index (χ1v) is 6.62. The topological polar surface area (TPSA) is 65.2 Å². The van der Waals surface area contributed by atoms with Crippen LogP contribution >= 0.6 is 0 Å². The molecule has 1 aromatic carbocycles. The van der Waals surface area contributed by atoms with Gasteiger partial charge in [0.25, 0.3) is 0 Å². The second-order valence-electron chi connectivity index (χ2n) is 4.96. The molecule has 0 saturated carbocycles. The number of benzene rings is 1. The highest BCUT2D eigenvalue weighted by Crippen LogP contribution is 2.35. The summed E-state index contributed by atoms with van der Waals surface area (Å²) in [6.45, 7) is 0. The van der Waals surface area contributed by atoms with E-state index in [2.05, 4.69) is 4.98 Å². The number of nitrogen functional groups attached to an aromatic ring is 1. The van der Waals surface area contributed by atoms with Crippen LogP contribution in [0.1, 0.15) is 34.0 Å². The molecule has 0 fully saturated rings. The Balaban J connectivity index is 1.95. The summed E-state index contributed by atoms with van der Waals surface area (Å²) in [5, 5.41) is 0. The molecule has 2 aromatic rings. The number of ketones is 1. The molecule has 0 amide bonds. The molecule has 1 unspecified atom stereocenters. The Morgan fingerprint density at radius 2 is 2.25 bits per heavy atom. The van der Waals surface area contributed by atoms with Crippen molar-refractivity contribution in [1.82, 2.24) is 4.98 Å². The molecule has 0 saturated heterocycles. The number of rotatable bonds is 3. The summed E-state index contributed by atoms with van der Waals surface area (Å²) >= 11 is 0. The molecule has 1 aliphatic rings. The predicted octanol–water partition coefficient (Wildman–Crippen LogP) is 2.59. The third-order valence-corrected chi connectivity index (χ3v) is 3.80. The third kappa shape index (κ3) is 2.03. The Hall–Kier alpha value is -2.36. The van der Waals surface area contributed by atoms with Crippen molar-refractivity contribution in [3.05, 3.63) is 53.3 Å². The van der Waals surface area contributed by atoms with Gasteiger partial charge in [0.2, 0.25) is 0 Å². The van der Waals surface area contributed by atoms with Gasteiger partial charge >= 0.3 is 0 Å². The van der Waals surface area contributed by atoms with Gasteiger partial charge < -0.3 is 10.5 Å². The van der Waals surface area contributed by atoms with Crippen LogP contribution in [0, 0.1) is 0 Å². The largest absolute Gasteiger partial charge is 0.497 e. The van der Waals surface area contributed by atoms with Gasteiger partial charge in [-0.15, -0.1) is 0 Å². The molecule has 1 aromatic heterocycles. The molecule has 1 aliphatic carbocycles. The van der Waals surface area contributed by atoms with Crippen LogP contribution in [0.25, 0.3) is 0 Å². The summed E-state index contributed by atoms with van der Waals surface area (Å²) in [6, 6.07) is 9.12. The lowest BCUT2D eigenvalue weighted by Crippen LogP contribution is -2.13. The summed E-state index contributed by atoms with van der Waals surface area (Å²) in [5.74, 6) is 0.522. The number of fused-ring (bicyclic) bond motifs is 1. The Kier molecular flexibility index (Phi) is 3.14. The number of hydrogen-bond donors (Lipinski definition) is 1. The van der Waals surface area contributed by atoms with Crippen LogP contribution < -0.4 is 10.5 Å². The Labute approximate surface area is 117 Å². The van der Waals surface area contributed by atoms with Crippen molar-refractivity contribution in [2.75, 3.05) is 12.8 Å². The monoisotopic (exact) mass is 268 g/mol. The van der Waals surface area contributed by atoms with E-state index in [9.17, 15) is 4.79 Å². The Morgan fingerprint density at radius 3 is 3.00 bits per heavy atom. The zero-order chi connectivity index (χ0) is 14.1. The SMILES string of the molecule is COc1ccc(C(=O)C2CCc3cccnc32)c(N)c1. The zero-order valence-electron chi connectivity index (χ0n) is 11.3. The average Bonchev–Trinajstić information content (AvgIpc) is 2.90. The summed E-state index contributed by atoms with van der Waals surface area (Å²) in [5.41, 5.74) is 9.03. The van der Waals surface area contributed by atoms with Crippen molar-refractivity contribution < 1.29 is 9.53 Å². The van der Waals surface area contributed by atoms with E-state index in [1.165, 1.54) is 0 Å². The minimum Gasteiger partial charge on any atom is -0.497 e. The molecule has 4 nitrogen and oxygen atoms in total. The highest BCUT2D eigenvalue weighted by molar-refractivity contribution is 6.05. The van der Waals surface area contributed by atoms with E-state index in [4.69, 9.17) is 10.5 Å². The maximum Gasteiger partial charge on any atom is 0.173 e. The number of anilines is 1. The van der Waals surface area contributed by atoms with Crippen LogP contribution in [0.5, 0.6) is 5.75 Å². The van der Waals surface area contributed by atoms with Crippen molar-refractivity contribution in [3.8, 4) is 5.75 Å². The van der Waals surface area contributed by atoms with Crippen molar-refractivity contribution >= 4 is 11.5 Å². The first-order chi connectivity index (χ1) is 9.70. The van der Waals surface area contributed by atoms with Gasteiger partial charge in [-0.2, -0.15) is 0 Å². The minimum absolute atomic E-state index is 0.0441. The van der Waals surface area contributed by atoms with E-state index in [0.717, 1.165) is 24.1 Å². The fraction of sp³-hybridized carbons (Fsp3) is 0.250. The number of methoxy groups -OCH3 is 1. The number of ether oxygens (including phenoxy) is 1. The quantitative estimate of drug-likeness (QED) is 0.686. The number of pyridine rings is 1. The molecule has 0 aliphatic heterocycles. The lowest BCUT2D eigenvalue weighted by molar-refractivity contribution is 0.0959. The molecule has 2 N–H and O–H groups in total. The fourth-order valence-electron chi connectivity index (χ4n) is 2.75. The molecule has 4 heteroatoms. The number of Topliss-reactive ketones (excluding diaryl/α,β-unsaturated/α-hetero) is 1. The maximum absolute atomic E-state index is 12.7. The third-order valence-electron chi connectivity index (χ3n) is 3.80. The van der Waals surface area contributed by atoms with E-state index in [-0.39, 0.29) is 11.7 Å². The van der Waals surface area contributed by atoms with Gasteiger partial charge in [0.05, 0.1) is 18.7 Å². The van der Waals surface area contributed by atoms with Crippen molar-refractivity contribution in [1.29, 1.82) is 0 Å². The summed E-state index contributed by atoms with van der Waals surface area (Å²) < 4.78 is 5.11. The van der Waals surface area contributed by atoms with E-state index in [1.807, 2.05) is 12.1 Å². The van der Waals surface area contributed by atoms with Crippen LogP contribution in [0.2, 0.25) is 0 Å². The van der Waals surface area contributed by atoms with Gasteiger partial charge in [-0.05, 0) is 36.6 Å². The summed E-state index contributed by atoms with van der Waals surface area (Å²) in [7, 11) is 1.58. The summed E-state index contributed by atoms with van der Waals surface area (Å²) in [6.07, 6.45) is 3.44. The van der Waals surface area contributed by atoms with Crippen LogP contribution in [-0.4, -0.2) is 17.9 Å². The van der Waals surface area contributed by atoms with E-state index in [1.54, 1.807) is 31.5 Å². The minimum atomic E-state index is -0.179. The van der Waals surface area contributed by atoms with Gasteiger partial charge in [-0.3, -0.25) is 9.78 Å².